The number of amides is 2. The Kier molecular flexibility index (Phi) is 4.20. The Hall–Kier alpha value is -0.770. The first kappa shape index (κ1) is 14.2. The van der Waals surface area contributed by atoms with Gasteiger partial charge in [0.2, 0.25) is 0 Å². The maximum atomic E-state index is 12.4. The first-order chi connectivity index (χ1) is 9.71. The van der Waals surface area contributed by atoms with Crippen molar-refractivity contribution in [2.24, 2.45) is 11.3 Å². The zero-order valence-corrected chi connectivity index (χ0v) is 12.4. The molecule has 2 saturated carbocycles. The number of piperidine rings is 1. The third-order valence-electron chi connectivity index (χ3n) is 5.39. The molecule has 4 heteroatoms. The van der Waals surface area contributed by atoms with Crippen molar-refractivity contribution in [1.82, 2.24) is 10.2 Å². The number of carbonyl (C=O) groups is 1. The molecule has 2 aliphatic carbocycles. The number of urea groups is 1. The van der Waals surface area contributed by atoms with E-state index >= 15 is 0 Å². The maximum Gasteiger partial charge on any atom is 0.317 e. The summed E-state index contributed by atoms with van der Waals surface area (Å²) < 4.78 is 0. The van der Waals surface area contributed by atoms with Crippen molar-refractivity contribution in [2.75, 3.05) is 19.7 Å². The largest absolute Gasteiger partial charge is 0.396 e. The van der Waals surface area contributed by atoms with Crippen LogP contribution in [0.4, 0.5) is 4.79 Å². The molecule has 2 amide bonds. The summed E-state index contributed by atoms with van der Waals surface area (Å²) in [5.74, 6) is 0.806. The SMILES string of the molecule is O=C(NC1CCCC1)N1CCC[C@](CO)(CC2CC2)C1. The van der Waals surface area contributed by atoms with Crippen molar-refractivity contribution in [1.29, 1.82) is 0 Å². The number of nitrogens with one attached hydrogen (secondary N) is 1. The van der Waals surface area contributed by atoms with E-state index in [-0.39, 0.29) is 18.1 Å². The van der Waals surface area contributed by atoms with Crippen LogP contribution in [0.1, 0.15) is 57.8 Å². The number of likely N-dealkylation sites (tertiary alicyclic amines) is 1. The molecule has 1 atom stereocenters. The molecule has 0 spiro atoms. The molecule has 4 nitrogen and oxygen atoms in total. The molecule has 3 rings (SSSR count). The van der Waals surface area contributed by atoms with E-state index in [1.165, 1.54) is 25.7 Å². The Labute approximate surface area is 121 Å². The van der Waals surface area contributed by atoms with Gasteiger partial charge in [-0.05, 0) is 38.0 Å². The number of hydrogen-bond donors (Lipinski definition) is 2. The number of carbonyl (C=O) groups excluding carboxylic acids is 1. The van der Waals surface area contributed by atoms with Crippen LogP contribution in [0.25, 0.3) is 0 Å². The highest BCUT2D eigenvalue weighted by Crippen LogP contribution is 2.44. The van der Waals surface area contributed by atoms with Gasteiger partial charge in [-0.3, -0.25) is 0 Å². The predicted octanol–water partition coefficient (Wildman–Crippen LogP) is 2.51. The van der Waals surface area contributed by atoms with E-state index in [0.717, 1.165) is 51.1 Å². The lowest BCUT2D eigenvalue weighted by Gasteiger charge is -2.42. The van der Waals surface area contributed by atoms with Gasteiger partial charge in [0.15, 0.2) is 0 Å². The van der Waals surface area contributed by atoms with Crippen molar-refractivity contribution < 1.29 is 9.90 Å². The number of aliphatic hydroxyl groups excluding tert-OH is 1. The molecule has 2 N–H and O–H groups in total. The molecule has 1 heterocycles. The lowest BCUT2D eigenvalue weighted by molar-refractivity contribution is 0.0353. The molecule has 0 bridgehead atoms. The normalized spacial score (nSPS) is 31.6. The van der Waals surface area contributed by atoms with Crippen LogP contribution < -0.4 is 5.32 Å². The molecule has 0 aromatic rings. The number of hydrogen-bond acceptors (Lipinski definition) is 2. The van der Waals surface area contributed by atoms with Gasteiger partial charge in [0.1, 0.15) is 0 Å². The van der Waals surface area contributed by atoms with Crippen LogP contribution >= 0.6 is 0 Å². The van der Waals surface area contributed by atoms with Gasteiger partial charge in [0, 0.05) is 24.5 Å². The van der Waals surface area contributed by atoms with Crippen molar-refractivity contribution in [3.8, 4) is 0 Å². The Morgan fingerprint density at radius 1 is 1.20 bits per heavy atom. The monoisotopic (exact) mass is 280 g/mol. The van der Waals surface area contributed by atoms with Crippen molar-refractivity contribution >= 4 is 6.03 Å². The van der Waals surface area contributed by atoms with E-state index in [2.05, 4.69) is 5.32 Å². The smallest absolute Gasteiger partial charge is 0.317 e. The maximum absolute atomic E-state index is 12.4. The molecular formula is C16H28N2O2. The Balaban J connectivity index is 1.56. The summed E-state index contributed by atoms with van der Waals surface area (Å²) in [6.07, 6.45) is 10.6. The highest BCUT2D eigenvalue weighted by atomic mass is 16.3. The van der Waals surface area contributed by atoms with E-state index < -0.39 is 0 Å². The zero-order valence-electron chi connectivity index (χ0n) is 12.4. The van der Waals surface area contributed by atoms with E-state index in [1.54, 1.807) is 0 Å². The third-order valence-corrected chi connectivity index (χ3v) is 5.39. The first-order valence-corrected chi connectivity index (χ1v) is 8.37. The molecule has 0 unspecified atom stereocenters. The second-order valence-electron chi connectivity index (χ2n) is 7.26. The molecule has 0 aromatic heterocycles. The fourth-order valence-electron chi connectivity index (χ4n) is 4.01. The van der Waals surface area contributed by atoms with E-state index in [4.69, 9.17) is 0 Å². The molecule has 0 aromatic carbocycles. The summed E-state index contributed by atoms with van der Waals surface area (Å²) in [4.78, 5) is 14.4. The average molecular weight is 280 g/mol. The summed E-state index contributed by atoms with van der Waals surface area (Å²) in [7, 11) is 0. The quantitative estimate of drug-likeness (QED) is 0.831. The highest BCUT2D eigenvalue weighted by molar-refractivity contribution is 5.74. The van der Waals surface area contributed by atoms with Gasteiger partial charge in [-0.15, -0.1) is 0 Å². The highest BCUT2D eigenvalue weighted by Gasteiger charge is 2.41. The standard InChI is InChI=1S/C16H28N2O2/c19-12-16(10-13-6-7-13)8-3-9-18(11-16)15(20)17-14-4-1-2-5-14/h13-14,19H,1-12H2,(H,17,20)/t16-/m0/s1. The number of aliphatic hydroxyl groups is 1. The summed E-state index contributed by atoms with van der Waals surface area (Å²) in [6, 6.07) is 0.488. The van der Waals surface area contributed by atoms with E-state index in [0.29, 0.717) is 6.04 Å². The lowest BCUT2D eigenvalue weighted by Crippen LogP contribution is -2.52. The third kappa shape index (κ3) is 3.27. The van der Waals surface area contributed by atoms with Gasteiger partial charge < -0.3 is 15.3 Å². The number of rotatable bonds is 4. The van der Waals surface area contributed by atoms with Crippen molar-refractivity contribution in [3.63, 3.8) is 0 Å². The van der Waals surface area contributed by atoms with Gasteiger partial charge >= 0.3 is 6.03 Å². The minimum absolute atomic E-state index is 0.0214. The molecule has 114 valence electrons. The molecule has 20 heavy (non-hydrogen) atoms. The van der Waals surface area contributed by atoms with Gasteiger partial charge in [0.05, 0.1) is 6.61 Å². The van der Waals surface area contributed by atoms with Crippen LogP contribution in [0.3, 0.4) is 0 Å². The minimum atomic E-state index is -0.0214. The van der Waals surface area contributed by atoms with Crippen LogP contribution in [0.5, 0.6) is 0 Å². The molecule has 3 fully saturated rings. The second kappa shape index (κ2) is 5.92. The summed E-state index contributed by atoms with van der Waals surface area (Å²) in [6.45, 7) is 1.83. The average Bonchev–Trinajstić information content (AvgIpc) is 3.12. The summed E-state index contributed by atoms with van der Waals surface area (Å²) in [5, 5.41) is 13.0. The van der Waals surface area contributed by atoms with E-state index in [1.807, 2.05) is 4.90 Å². The topological polar surface area (TPSA) is 52.6 Å². The molecule has 3 aliphatic rings. The number of nitrogens with zero attached hydrogens (tertiary/aromatic N) is 1. The fraction of sp³-hybridized carbons (Fsp3) is 0.938. The predicted molar refractivity (Wildman–Crippen MR) is 78.5 cm³/mol. The van der Waals surface area contributed by atoms with Crippen LogP contribution in [0.2, 0.25) is 0 Å². The van der Waals surface area contributed by atoms with Gasteiger partial charge in [-0.2, -0.15) is 0 Å². The zero-order chi connectivity index (χ0) is 14.0. The molecular weight excluding hydrogens is 252 g/mol. The van der Waals surface area contributed by atoms with Gasteiger partial charge in [0.25, 0.3) is 0 Å². The fourth-order valence-corrected chi connectivity index (χ4v) is 4.01. The second-order valence-corrected chi connectivity index (χ2v) is 7.26. The van der Waals surface area contributed by atoms with Crippen LogP contribution in [-0.2, 0) is 0 Å². The molecule has 0 radical (unpaired) electrons. The van der Waals surface area contributed by atoms with Crippen molar-refractivity contribution in [2.45, 2.75) is 63.8 Å². The Morgan fingerprint density at radius 3 is 2.60 bits per heavy atom. The van der Waals surface area contributed by atoms with Crippen LogP contribution in [0.15, 0.2) is 0 Å². The summed E-state index contributed by atoms with van der Waals surface area (Å²) in [5.41, 5.74) is -0.0214. The van der Waals surface area contributed by atoms with E-state index in [9.17, 15) is 9.90 Å². The van der Waals surface area contributed by atoms with Gasteiger partial charge in [-0.25, -0.2) is 4.79 Å². The Morgan fingerprint density at radius 2 is 1.95 bits per heavy atom. The summed E-state index contributed by atoms with van der Waals surface area (Å²) >= 11 is 0. The van der Waals surface area contributed by atoms with Crippen LogP contribution in [-0.4, -0.2) is 41.8 Å². The molecule has 1 saturated heterocycles. The molecule has 1 aliphatic heterocycles. The van der Waals surface area contributed by atoms with Crippen LogP contribution in [0, 0.1) is 11.3 Å². The minimum Gasteiger partial charge on any atom is -0.396 e. The lowest BCUT2D eigenvalue weighted by atomic mass is 9.76. The first-order valence-electron chi connectivity index (χ1n) is 8.37. The van der Waals surface area contributed by atoms with Crippen molar-refractivity contribution in [3.05, 3.63) is 0 Å². The Bertz CT molecular complexity index is 350. The van der Waals surface area contributed by atoms with Gasteiger partial charge in [-0.1, -0.05) is 25.7 Å².